The number of ether oxygens (including phenoxy) is 1. The molecule has 2 N–H and O–H groups in total. The second-order valence-corrected chi connectivity index (χ2v) is 5.45. The van der Waals surface area contributed by atoms with Gasteiger partial charge in [-0.2, -0.15) is 0 Å². The fourth-order valence-electron chi connectivity index (χ4n) is 2.62. The van der Waals surface area contributed by atoms with Gasteiger partial charge in [0.1, 0.15) is 5.76 Å². The summed E-state index contributed by atoms with van der Waals surface area (Å²) < 4.78 is 10.6. The molecule has 2 amide bonds. The van der Waals surface area contributed by atoms with Gasteiger partial charge in [-0.3, -0.25) is 0 Å². The molecular formula is C17H23N3O3. The zero-order valence-electron chi connectivity index (χ0n) is 13.9. The van der Waals surface area contributed by atoms with Crippen molar-refractivity contribution in [2.24, 2.45) is 0 Å². The van der Waals surface area contributed by atoms with E-state index in [2.05, 4.69) is 15.8 Å². The molecule has 0 aliphatic carbocycles. The summed E-state index contributed by atoms with van der Waals surface area (Å²) in [6.07, 6.45) is -0.184. The first-order valence-electron chi connectivity index (χ1n) is 7.57. The first-order chi connectivity index (χ1) is 11.0. The van der Waals surface area contributed by atoms with Crippen LogP contribution in [-0.4, -0.2) is 24.8 Å². The number of urea groups is 1. The van der Waals surface area contributed by atoms with Gasteiger partial charge < -0.3 is 19.9 Å². The Labute approximate surface area is 136 Å². The molecule has 0 bridgehead atoms. The van der Waals surface area contributed by atoms with Crippen LogP contribution in [0.15, 0.2) is 34.9 Å². The highest BCUT2D eigenvalue weighted by molar-refractivity contribution is 5.74. The third kappa shape index (κ3) is 4.32. The van der Waals surface area contributed by atoms with E-state index in [1.807, 2.05) is 51.1 Å². The van der Waals surface area contributed by atoms with E-state index in [-0.39, 0.29) is 18.2 Å². The van der Waals surface area contributed by atoms with E-state index in [4.69, 9.17) is 9.26 Å². The van der Waals surface area contributed by atoms with E-state index in [1.165, 1.54) is 0 Å². The lowest BCUT2D eigenvalue weighted by Gasteiger charge is -2.18. The van der Waals surface area contributed by atoms with Gasteiger partial charge in [0.15, 0.2) is 0 Å². The average molecular weight is 317 g/mol. The van der Waals surface area contributed by atoms with Crippen LogP contribution >= 0.6 is 0 Å². The monoisotopic (exact) mass is 317 g/mol. The van der Waals surface area contributed by atoms with Gasteiger partial charge in [0.25, 0.3) is 0 Å². The average Bonchev–Trinajstić information content (AvgIpc) is 2.88. The minimum absolute atomic E-state index is 0.182. The van der Waals surface area contributed by atoms with Crippen molar-refractivity contribution in [2.45, 2.75) is 32.9 Å². The summed E-state index contributed by atoms with van der Waals surface area (Å²) in [5, 5.41) is 9.63. The smallest absolute Gasteiger partial charge is 0.315 e. The van der Waals surface area contributed by atoms with Crippen LogP contribution in [0, 0.1) is 13.8 Å². The summed E-state index contributed by atoms with van der Waals surface area (Å²) in [5.41, 5.74) is 2.72. The van der Waals surface area contributed by atoms with Crippen molar-refractivity contribution in [1.82, 2.24) is 15.8 Å². The molecule has 0 spiro atoms. The summed E-state index contributed by atoms with van der Waals surface area (Å²) in [7, 11) is 1.63. The molecule has 6 nitrogen and oxygen atoms in total. The molecule has 0 saturated carbocycles. The van der Waals surface area contributed by atoms with Crippen LogP contribution in [-0.2, 0) is 4.74 Å². The van der Waals surface area contributed by atoms with E-state index in [1.54, 1.807) is 7.11 Å². The molecule has 0 aliphatic heterocycles. The molecule has 2 rings (SSSR count). The second kappa shape index (κ2) is 7.78. The van der Waals surface area contributed by atoms with Crippen LogP contribution in [0.2, 0.25) is 0 Å². The number of methoxy groups -OCH3 is 1. The molecule has 0 radical (unpaired) electrons. The maximum atomic E-state index is 12.1. The topological polar surface area (TPSA) is 76.4 Å². The molecule has 6 heteroatoms. The molecular weight excluding hydrogens is 294 g/mol. The zero-order valence-corrected chi connectivity index (χ0v) is 13.9. The Balaban J connectivity index is 1.89. The molecule has 124 valence electrons. The number of carbonyl (C=O) groups excluding carboxylic acids is 1. The fourth-order valence-corrected chi connectivity index (χ4v) is 2.62. The number of benzene rings is 1. The van der Waals surface area contributed by atoms with E-state index in [0.717, 1.165) is 16.8 Å². The van der Waals surface area contributed by atoms with Crippen molar-refractivity contribution in [1.29, 1.82) is 0 Å². The van der Waals surface area contributed by atoms with Crippen molar-refractivity contribution in [3.8, 4) is 0 Å². The molecule has 23 heavy (non-hydrogen) atoms. The van der Waals surface area contributed by atoms with Gasteiger partial charge in [-0.25, -0.2) is 4.79 Å². The largest absolute Gasteiger partial charge is 0.375 e. The van der Waals surface area contributed by atoms with Gasteiger partial charge >= 0.3 is 6.03 Å². The Morgan fingerprint density at radius 2 is 2.00 bits per heavy atom. The lowest BCUT2D eigenvalue weighted by atomic mass is 10.1. The van der Waals surface area contributed by atoms with Crippen LogP contribution < -0.4 is 10.6 Å². The number of nitrogens with zero attached hydrogens (tertiary/aromatic N) is 1. The number of rotatable bonds is 6. The lowest BCUT2D eigenvalue weighted by molar-refractivity contribution is 0.104. The third-order valence-corrected chi connectivity index (χ3v) is 3.77. The standard InChI is InChI=1S/C17H23N3O3/c1-11(16-12(2)20-23-13(16)3)19-17(21)18-10-15(22-4)14-8-6-5-7-9-14/h5-9,11,15H,10H2,1-4H3,(H2,18,19,21)/t11-,15+/m0/s1. The van der Waals surface area contributed by atoms with Crippen LogP contribution in [0.25, 0.3) is 0 Å². The number of aromatic nitrogens is 1. The molecule has 0 unspecified atom stereocenters. The van der Waals surface area contributed by atoms with Gasteiger partial charge in [0, 0.05) is 19.2 Å². The fraction of sp³-hybridized carbons (Fsp3) is 0.412. The van der Waals surface area contributed by atoms with Gasteiger partial charge in [-0.05, 0) is 26.3 Å². The predicted octanol–water partition coefficient (Wildman–Crippen LogP) is 3.04. The van der Waals surface area contributed by atoms with Crippen LogP contribution in [0.1, 0.15) is 41.7 Å². The first kappa shape index (κ1) is 17.0. The van der Waals surface area contributed by atoms with Crippen molar-refractivity contribution in [2.75, 3.05) is 13.7 Å². The molecule has 1 heterocycles. The van der Waals surface area contributed by atoms with E-state index >= 15 is 0 Å². The minimum atomic E-state index is -0.254. The summed E-state index contributed by atoms with van der Waals surface area (Å²) in [6.45, 7) is 5.98. The number of hydrogen-bond donors (Lipinski definition) is 2. The Kier molecular flexibility index (Phi) is 5.76. The van der Waals surface area contributed by atoms with E-state index in [9.17, 15) is 4.79 Å². The predicted molar refractivity (Wildman–Crippen MR) is 87.1 cm³/mol. The van der Waals surface area contributed by atoms with E-state index in [0.29, 0.717) is 12.3 Å². The van der Waals surface area contributed by atoms with Crippen molar-refractivity contribution in [3.05, 3.63) is 52.9 Å². The summed E-state index contributed by atoms with van der Waals surface area (Å²) >= 11 is 0. The molecule has 0 aliphatic rings. The number of nitrogens with one attached hydrogen (secondary N) is 2. The molecule has 1 aromatic heterocycles. The van der Waals surface area contributed by atoms with E-state index < -0.39 is 0 Å². The number of amides is 2. The Hall–Kier alpha value is -2.34. The lowest BCUT2D eigenvalue weighted by Crippen LogP contribution is -2.39. The highest BCUT2D eigenvalue weighted by Gasteiger charge is 2.19. The zero-order chi connectivity index (χ0) is 16.8. The number of hydrogen-bond acceptors (Lipinski definition) is 4. The third-order valence-electron chi connectivity index (χ3n) is 3.77. The second-order valence-electron chi connectivity index (χ2n) is 5.45. The molecule has 1 aromatic carbocycles. The molecule has 2 atom stereocenters. The first-order valence-corrected chi connectivity index (χ1v) is 7.57. The van der Waals surface area contributed by atoms with Crippen molar-refractivity contribution >= 4 is 6.03 Å². The SMILES string of the molecule is CO[C@H](CNC(=O)N[C@@H](C)c1c(C)noc1C)c1ccccc1. The van der Waals surface area contributed by atoms with Gasteiger partial charge in [-0.15, -0.1) is 0 Å². The maximum Gasteiger partial charge on any atom is 0.315 e. The van der Waals surface area contributed by atoms with Gasteiger partial charge in [0.2, 0.25) is 0 Å². The van der Waals surface area contributed by atoms with Crippen LogP contribution in [0.3, 0.4) is 0 Å². The van der Waals surface area contributed by atoms with Crippen LogP contribution in [0.5, 0.6) is 0 Å². The summed E-state index contributed by atoms with van der Waals surface area (Å²) in [5.74, 6) is 0.717. The molecule has 2 aromatic rings. The minimum Gasteiger partial charge on any atom is -0.375 e. The van der Waals surface area contributed by atoms with Gasteiger partial charge in [0.05, 0.1) is 17.8 Å². The van der Waals surface area contributed by atoms with Crippen molar-refractivity contribution < 1.29 is 14.1 Å². The number of carbonyl (C=O) groups is 1. The van der Waals surface area contributed by atoms with Crippen molar-refractivity contribution in [3.63, 3.8) is 0 Å². The highest BCUT2D eigenvalue weighted by atomic mass is 16.5. The highest BCUT2D eigenvalue weighted by Crippen LogP contribution is 2.20. The van der Waals surface area contributed by atoms with Gasteiger partial charge in [-0.1, -0.05) is 35.5 Å². The summed E-state index contributed by atoms with van der Waals surface area (Å²) in [4.78, 5) is 12.1. The number of aryl methyl sites for hydroxylation is 2. The summed E-state index contributed by atoms with van der Waals surface area (Å²) in [6, 6.07) is 9.35. The van der Waals surface area contributed by atoms with Crippen LogP contribution in [0.4, 0.5) is 4.79 Å². The normalized spacial score (nSPS) is 13.4. The Morgan fingerprint density at radius 1 is 1.30 bits per heavy atom. The Morgan fingerprint density at radius 3 is 2.57 bits per heavy atom. The Bertz CT molecular complexity index is 620. The molecule has 0 saturated heterocycles. The quantitative estimate of drug-likeness (QED) is 0.858. The molecule has 0 fully saturated rings. The maximum absolute atomic E-state index is 12.1.